The number of benzene rings is 1. The van der Waals surface area contributed by atoms with Crippen molar-refractivity contribution in [3.63, 3.8) is 0 Å². The van der Waals surface area contributed by atoms with E-state index in [0.717, 1.165) is 52.5 Å². The lowest BCUT2D eigenvalue weighted by Gasteiger charge is -2.21. The summed E-state index contributed by atoms with van der Waals surface area (Å²) < 4.78 is 13.0. The normalized spacial score (nSPS) is 18.0. The minimum Gasteiger partial charge on any atom is -1.00 e. The molecule has 1 atom stereocenters. The van der Waals surface area contributed by atoms with Gasteiger partial charge in [-0.2, -0.15) is 0 Å². The zero-order valence-electron chi connectivity index (χ0n) is 13.7. The molecule has 0 amide bonds. The maximum Gasteiger partial charge on any atom is 0.272 e. The van der Waals surface area contributed by atoms with Gasteiger partial charge < -0.3 is 26.8 Å². The number of carbonyl (C=O) groups excluding carboxylic acids is 1. The Morgan fingerprint density at radius 3 is 2.84 bits per heavy atom. The summed E-state index contributed by atoms with van der Waals surface area (Å²) >= 11 is 1.48. The van der Waals surface area contributed by atoms with Crippen molar-refractivity contribution in [3.8, 4) is 11.5 Å². The van der Waals surface area contributed by atoms with Crippen molar-refractivity contribution in [1.82, 2.24) is 4.57 Å². The van der Waals surface area contributed by atoms with Gasteiger partial charge in [-0.3, -0.25) is 9.36 Å². The summed E-state index contributed by atoms with van der Waals surface area (Å²) in [6.45, 7) is 2.21. The monoisotopic (exact) mass is 376 g/mol. The first-order valence-electron chi connectivity index (χ1n) is 8.07. The first-order valence-corrected chi connectivity index (χ1v) is 8.95. The largest absolute Gasteiger partial charge is 1.00 e. The number of likely N-dealkylation sites (N-methyl/N-ethyl adjacent to an activating group) is 1. The van der Waals surface area contributed by atoms with Gasteiger partial charge in [0.25, 0.3) is 5.91 Å². The minimum atomic E-state index is 0. The van der Waals surface area contributed by atoms with E-state index in [2.05, 4.69) is 7.05 Å². The van der Waals surface area contributed by atoms with E-state index in [9.17, 15) is 4.79 Å². The van der Waals surface area contributed by atoms with Crippen LogP contribution in [0.4, 0.5) is 0 Å². The zero-order chi connectivity index (χ0) is 16.3. The second-order valence-corrected chi connectivity index (χ2v) is 7.35. The van der Waals surface area contributed by atoms with Crippen molar-refractivity contribution in [2.75, 3.05) is 20.4 Å². The van der Waals surface area contributed by atoms with Crippen LogP contribution >= 0.6 is 11.3 Å². The molecule has 0 spiro atoms. The molecular formula is C18H17ClN2O3S. The number of nitrogens with one attached hydrogen (secondary N) is 1. The SMILES string of the molecule is C[NH+]1CCc2c(c3cc4c(cc3n2C(=O)c2cccs2)OCO4)C1.[Cl-]. The van der Waals surface area contributed by atoms with Crippen molar-refractivity contribution in [1.29, 1.82) is 0 Å². The number of hydrogen-bond donors (Lipinski definition) is 1. The van der Waals surface area contributed by atoms with E-state index < -0.39 is 0 Å². The van der Waals surface area contributed by atoms with Gasteiger partial charge in [0.1, 0.15) is 6.54 Å². The number of fused-ring (bicyclic) bond motifs is 4. The molecule has 1 N–H and O–H groups in total. The van der Waals surface area contributed by atoms with Gasteiger partial charge in [-0.15, -0.1) is 11.3 Å². The van der Waals surface area contributed by atoms with Gasteiger partial charge in [-0.1, -0.05) is 6.07 Å². The Labute approximate surface area is 155 Å². The highest BCUT2D eigenvalue weighted by molar-refractivity contribution is 7.12. The molecule has 25 heavy (non-hydrogen) atoms. The molecule has 130 valence electrons. The summed E-state index contributed by atoms with van der Waals surface area (Å²) in [5.41, 5.74) is 3.33. The van der Waals surface area contributed by atoms with E-state index in [1.165, 1.54) is 21.8 Å². The second kappa shape index (κ2) is 6.05. The van der Waals surface area contributed by atoms with Crippen LogP contribution < -0.4 is 26.8 Å². The topological polar surface area (TPSA) is 44.9 Å². The van der Waals surface area contributed by atoms with Crippen LogP contribution in [0.25, 0.3) is 10.9 Å². The molecule has 0 bridgehead atoms. The molecule has 2 aliphatic heterocycles. The number of hydrogen-bond acceptors (Lipinski definition) is 4. The Kier molecular flexibility index (Phi) is 3.98. The van der Waals surface area contributed by atoms with E-state index in [4.69, 9.17) is 9.47 Å². The van der Waals surface area contributed by atoms with Crippen LogP contribution in [0, 0.1) is 0 Å². The summed E-state index contributed by atoms with van der Waals surface area (Å²) in [7, 11) is 2.19. The Bertz CT molecular complexity index is 965. The fourth-order valence-corrected chi connectivity index (χ4v) is 4.37. The van der Waals surface area contributed by atoms with Crippen molar-refractivity contribution < 1.29 is 31.6 Å². The van der Waals surface area contributed by atoms with E-state index in [1.807, 2.05) is 34.2 Å². The standard InChI is InChI=1S/C18H16N2O3S.ClH/c1-19-5-4-13-12(9-19)11-7-15-16(23-10-22-15)8-14(11)20(13)18(21)17-3-2-6-24-17;/h2-3,6-8H,4-5,9-10H2,1H3;1H. The minimum absolute atomic E-state index is 0. The first-order chi connectivity index (χ1) is 11.7. The Hall–Kier alpha value is -2.02. The first kappa shape index (κ1) is 16.4. The van der Waals surface area contributed by atoms with Crippen LogP contribution in [-0.4, -0.2) is 30.9 Å². The van der Waals surface area contributed by atoms with E-state index in [1.54, 1.807) is 0 Å². The van der Waals surface area contributed by atoms with Gasteiger partial charge in [-0.05, 0) is 17.5 Å². The average Bonchev–Trinajstić information content (AvgIpc) is 3.31. The highest BCUT2D eigenvalue weighted by Crippen LogP contribution is 2.40. The number of carbonyl (C=O) groups is 1. The third kappa shape index (κ3) is 2.44. The number of thiophene rings is 1. The number of halogens is 1. The molecule has 2 aliphatic rings. The lowest BCUT2D eigenvalue weighted by atomic mass is 10.0. The highest BCUT2D eigenvalue weighted by atomic mass is 35.5. The molecule has 5 nitrogen and oxygen atoms in total. The summed E-state index contributed by atoms with van der Waals surface area (Å²) in [6, 6.07) is 7.80. The van der Waals surface area contributed by atoms with Crippen molar-refractivity contribution in [3.05, 3.63) is 45.8 Å². The molecule has 7 heteroatoms. The van der Waals surface area contributed by atoms with Crippen LogP contribution in [0.3, 0.4) is 0 Å². The molecule has 0 aliphatic carbocycles. The summed E-state index contributed by atoms with van der Waals surface area (Å²) in [6.07, 6.45) is 0.902. The van der Waals surface area contributed by atoms with Gasteiger partial charge in [-0.25, -0.2) is 0 Å². The maximum atomic E-state index is 13.1. The van der Waals surface area contributed by atoms with E-state index >= 15 is 0 Å². The Morgan fingerprint density at radius 1 is 1.28 bits per heavy atom. The van der Waals surface area contributed by atoms with Gasteiger partial charge >= 0.3 is 0 Å². The van der Waals surface area contributed by atoms with Crippen LogP contribution in [0.1, 0.15) is 20.9 Å². The van der Waals surface area contributed by atoms with Gasteiger partial charge in [0.15, 0.2) is 11.5 Å². The summed E-state index contributed by atoms with van der Waals surface area (Å²) in [4.78, 5) is 15.4. The van der Waals surface area contributed by atoms with Gasteiger partial charge in [0, 0.05) is 29.1 Å². The fraction of sp³-hybridized carbons (Fsp3) is 0.278. The zero-order valence-corrected chi connectivity index (χ0v) is 15.2. The summed E-state index contributed by atoms with van der Waals surface area (Å²) in [5.74, 6) is 1.54. The molecule has 0 saturated heterocycles. The van der Waals surface area contributed by atoms with Gasteiger partial charge in [0.05, 0.1) is 24.0 Å². The van der Waals surface area contributed by atoms with Crippen molar-refractivity contribution in [2.45, 2.75) is 13.0 Å². The predicted molar refractivity (Wildman–Crippen MR) is 91.3 cm³/mol. The Morgan fingerprint density at radius 2 is 2.08 bits per heavy atom. The molecule has 1 unspecified atom stereocenters. The fourth-order valence-electron chi connectivity index (χ4n) is 3.72. The smallest absolute Gasteiger partial charge is 0.272 e. The predicted octanol–water partition coefficient (Wildman–Crippen LogP) is -1.31. The van der Waals surface area contributed by atoms with E-state index in [-0.39, 0.29) is 25.1 Å². The van der Waals surface area contributed by atoms with Crippen LogP contribution in [0.5, 0.6) is 11.5 Å². The number of rotatable bonds is 1. The molecule has 1 aromatic carbocycles. The molecule has 5 rings (SSSR count). The number of aromatic nitrogens is 1. The molecule has 2 aromatic heterocycles. The lowest BCUT2D eigenvalue weighted by Crippen LogP contribution is -3.08. The molecular weight excluding hydrogens is 360 g/mol. The lowest BCUT2D eigenvalue weighted by molar-refractivity contribution is -0.895. The van der Waals surface area contributed by atoms with Crippen molar-refractivity contribution in [2.24, 2.45) is 0 Å². The Balaban J connectivity index is 0.00000157. The van der Waals surface area contributed by atoms with Crippen LogP contribution in [0.2, 0.25) is 0 Å². The quantitative estimate of drug-likeness (QED) is 0.574. The van der Waals surface area contributed by atoms with Crippen LogP contribution in [-0.2, 0) is 13.0 Å². The second-order valence-electron chi connectivity index (χ2n) is 6.40. The molecule has 3 aromatic rings. The van der Waals surface area contributed by atoms with Crippen molar-refractivity contribution >= 4 is 28.1 Å². The molecule has 0 radical (unpaired) electrons. The maximum absolute atomic E-state index is 13.1. The van der Waals surface area contributed by atoms with E-state index in [0.29, 0.717) is 0 Å². The third-order valence-electron chi connectivity index (χ3n) is 4.88. The van der Waals surface area contributed by atoms with Crippen LogP contribution in [0.15, 0.2) is 29.6 Å². The summed E-state index contributed by atoms with van der Waals surface area (Å²) in [5, 5.41) is 3.05. The highest BCUT2D eigenvalue weighted by Gasteiger charge is 2.30. The number of quaternary nitrogens is 1. The molecule has 4 heterocycles. The molecule has 0 fully saturated rings. The number of ether oxygens (including phenoxy) is 2. The number of nitrogens with zero attached hydrogens (tertiary/aromatic N) is 1. The van der Waals surface area contributed by atoms with Gasteiger partial charge in [0.2, 0.25) is 6.79 Å². The molecule has 0 saturated carbocycles. The average molecular weight is 377 g/mol. The third-order valence-corrected chi connectivity index (χ3v) is 5.74.